The van der Waals surface area contributed by atoms with Gasteiger partial charge in [0.05, 0.1) is 12.8 Å². The maximum Gasteiger partial charge on any atom is 0.184 e. The lowest BCUT2D eigenvalue weighted by molar-refractivity contribution is 0.414. The summed E-state index contributed by atoms with van der Waals surface area (Å²) in [5, 5.41) is 5.28. The number of halogens is 1. The molecule has 0 saturated heterocycles. The molecule has 0 N–H and O–H groups in total. The Balaban J connectivity index is 1.73. The van der Waals surface area contributed by atoms with Crippen LogP contribution in [-0.4, -0.2) is 16.9 Å². The summed E-state index contributed by atoms with van der Waals surface area (Å²) in [6, 6.07) is 15.5. The molecule has 0 saturated carbocycles. The monoisotopic (exact) mass is 380 g/mol. The van der Waals surface area contributed by atoms with E-state index in [0.717, 1.165) is 25.5 Å². The number of ether oxygens (including phenoxy) is 1. The van der Waals surface area contributed by atoms with Crippen molar-refractivity contribution in [3.8, 4) is 11.4 Å². The highest BCUT2D eigenvalue weighted by Crippen LogP contribution is 2.28. The van der Waals surface area contributed by atoms with Gasteiger partial charge >= 0.3 is 0 Å². The summed E-state index contributed by atoms with van der Waals surface area (Å²) < 4.78 is 8.61. The van der Waals surface area contributed by atoms with E-state index in [9.17, 15) is 0 Å². The Morgan fingerprint density at radius 2 is 1.87 bits per heavy atom. The molecule has 1 heterocycles. The first-order valence-corrected chi connectivity index (χ1v) is 9.36. The molecule has 0 unspecified atom stereocenters. The van der Waals surface area contributed by atoms with E-state index in [2.05, 4.69) is 17.2 Å². The zero-order chi connectivity index (χ0) is 16.2. The molecule has 0 fully saturated rings. The highest BCUT2D eigenvalue weighted by molar-refractivity contribution is 8.00. The molecular weight excluding hydrogens is 368 g/mol. The van der Waals surface area contributed by atoms with E-state index in [1.54, 1.807) is 23.6 Å². The highest BCUT2D eigenvalue weighted by Gasteiger charge is 2.07. The molecule has 3 rings (SSSR count). The van der Waals surface area contributed by atoms with Crippen LogP contribution < -0.4 is 4.74 Å². The summed E-state index contributed by atoms with van der Waals surface area (Å²) in [6.07, 6.45) is 0. The van der Waals surface area contributed by atoms with E-state index < -0.39 is 0 Å². The van der Waals surface area contributed by atoms with Crippen LogP contribution in [0.1, 0.15) is 5.56 Å². The Kier molecular flexibility index (Phi) is 5.38. The molecule has 0 spiro atoms. The van der Waals surface area contributed by atoms with Crippen molar-refractivity contribution in [2.24, 2.45) is 0 Å². The van der Waals surface area contributed by atoms with Crippen molar-refractivity contribution < 1.29 is 4.74 Å². The van der Waals surface area contributed by atoms with Crippen LogP contribution in [0, 0.1) is 3.95 Å². The van der Waals surface area contributed by atoms with Crippen LogP contribution in [0.2, 0.25) is 5.02 Å². The van der Waals surface area contributed by atoms with Crippen LogP contribution in [0.4, 0.5) is 0 Å². The molecule has 0 aliphatic heterocycles. The average Bonchev–Trinajstić information content (AvgIpc) is 2.95. The normalized spacial score (nSPS) is 10.7. The third-order valence-corrected chi connectivity index (χ3v) is 5.81. The summed E-state index contributed by atoms with van der Waals surface area (Å²) in [5.41, 5.74) is 2.14. The number of methoxy groups -OCH3 is 1. The minimum Gasteiger partial charge on any atom is -0.497 e. The fourth-order valence-corrected chi connectivity index (χ4v) is 4.37. The van der Waals surface area contributed by atoms with E-state index in [1.165, 1.54) is 16.9 Å². The number of nitrogens with zero attached hydrogens (tertiary/aromatic N) is 2. The molecule has 7 heteroatoms. The van der Waals surface area contributed by atoms with Gasteiger partial charge in [-0.3, -0.25) is 0 Å². The van der Waals surface area contributed by atoms with Crippen LogP contribution in [0.15, 0.2) is 52.9 Å². The predicted molar refractivity (Wildman–Crippen MR) is 99.8 cm³/mol. The second-order valence-electron chi connectivity index (χ2n) is 4.66. The third kappa shape index (κ3) is 4.14. The predicted octanol–water partition coefficient (Wildman–Crippen LogP) is 5.62. The van der Waals surface area contributed by atoms with Gasteiger partial charge in [0.2, 0.25) is 0 Å². The minimum absolute atomic E-state index is 0.699. The Morgan fingerprint density at radius 3 is 2.52 bits per heavy atom. The molecule has 3 aromatic rings. The van der Waals surface area contributed by atoms with Crippen LogP contribution in [0.3, 0.4) is 0 Å². The van der Waals surface area contributed by atoms with Crippen LogP contribution >= 0.6 is 46.9 Å². The standard InChI is InChI=1S/C16H13ClN2OS3/c1-20-14-8-2-11(3-9-14)10-22-15-18-19(16(21)23-15)13-6-4-12(17)5-7-13/h2-9H,10H2,1H3. The van der Waals surface area contributed by atoms with Crippen molar-refractivity contribution in [3.63, 3.8) is 0 Å². The molecule has 23 heavy (non-hydrogen) atoms. The number of benzene rings is 2. The van der Waals surface area contributed by atoms with Gasteiger partial charge in [-0.25, -0.2) is 4.68 Å². The molecule has 0 aliphatic carbocycles. The molecular formula is C16H13ClN2OS3. The second-order valence-corrected chi connectivity index (χ2v) is 7.94. The minimum atomic E-state index is 0.699. The lowest BCUT2D eigenvalue weighted by atomic mass is 10.2. The fourth-order valence-electron chi connectivity index (χ4n) is 1.93. The van der Waals surface area contributed by atoms with Crippen molar-refractivity contribution in [2.75, 3.05) is 7.11 Å². The van der Waals surface area contributed by atoms with Gasteiger partial charge in [-0.2, -0.15) is 0 Å². The molecule has 0 aliphatic rings. The van der Waals surface area contributed by atoms with Gasteiger partial charge in [-0.15, -0.1) is 5.10 Å². The van der Waals surface area contributed by atoms with Gasteiger partial charge in [0.25, 0.3) is 0 Å². The first-order valence-electron chi connectivity index (χ1n) is 6.77. The van der Waals surface area contributed by atoms with Gasteiger partial charge in [-0.05, 0) is 54.2 Å². The Morgan fingerprint density at radius 1 is 1.17 bits per heavy atom. The molecule has 1 aromatic heterocycles. The summed E-state index contributed by atoms with van der Waals surface area (Å²) in [6.45, 7) is 0. The summed E-state index contributed by atoms with van der Waals surface area (Å²) >= 11 is 14.5. The number of hydrogen-bond donors (Lipinski definition) is 0. The molecule has 118 valence electrons. The quantitative estimate of drug-likeness (QED) is 0.424. The maximum atomic E-state index is 5.92. The van der Waals surface area contributed by atoms with Crippen LogP contribution in [0.5, 0.6) is 5.75 Å². The molecule has 0 atom stereocenters. The van der Waals surface area contributed by atoms with Crippen molar-refractivity contribution in [3.05, 3.63) is 63.1 Å². The zero-order valence-electron chi connectivity index (χ0n) is 12.2. The number of aromatic nitrogens is 2. The van der Waals surface area contributed by atoms with Gasteiger partial charge in [0.1, 0.15) is 5.75 Å². The highest BCUT2D eigenvalue weighted by atomic mass is 35.5. The maximum absolute atomic E-state index is 5.92. The van der Waals surface area contributed by atoms with E-state index >= 15 is 0 Å². The van der Waals surface area contributed by atoms with Crippen LogP contribution in [0.25, 0.3) is 5.69 Å². The Labute approximate surface area is 152 Å². The van der Waals surface area contributed by atoms with E-state index in [0.29, 0.717) is 5.02 Å². The molecule has 2 aromatic carbocycles. The zero-order valence-corrected chi connectivity index (χ0v) is 15.4. The second kappa shape index (κ2) is 7.49. The molecule has 0 amide bonds. The van der Waals surface area contributed by atoms with E-state index in [4.69, 9.17) is 28.6 Å². The summed E-state index contributed by atoms with van der Waals surface area (Å²) in [7, 11) is 1.67. The van der Waals surface area contributed by atoms with E-state index in [1.807, 2.05) is 36.4 Å². The molecule has 0 bridgehead atoms. The average molecular weight is 381 g/mol. The van der Waals surface area contributed by atoms with E-state index in [-0.39, 0.29) is 0 Å². The lowest BCUT2D eigenvalue weighted by Crippen LogP contribution is -1.95. The van der Waals surface area contributed by atoms with Crippen molar-refractivity contribution in [1.29, 1.82) is 0 Å². The summed E-state index contributed by atoms with van der Waals surface area (Å²) in [4.78, 5) is 0. The Bertz CT molecular complexity index is 841. The largest absolute Gasteiger partial charge is 0.497 e. The third-order valence-electron chi connectivity index (χ3n) is 3.12. The van der Waals surface area contributed by atoms with Crippen molar-refractivity contribution in [2.45, 2.75) is 10.1 Å². The fraction of sp³-hybridized carbons (Fsp3) is 0.125. The lowest BCUT2D eigenvalue weighted by Gasteiger charge is -2.02. The smallest absolute Gasteiger partial charge is 0.184 e. The van der Waals surface area contributed by atoms with Gasteiger partial charge in [-0.1, -0.05) is 46.8 Å². The number of rotatable bonds is 5. The van der Waals surface area contributed by atoms with Crippen LogP contribution in [-0.2, 0) is 5.75 Å². The SMILES string of the molecule is COc1ccc(CSc2nn(-c3ccc(Cl)cc3)c(=S)s2)cc1. The van der Waals surface area contributed by atoms with Gasteiger partial charge in [0.15, 0.2) is 8.29 Å². The number of thioether (sulfide) groups is 1. The first kappa shape index (κ1) is 16.5. The number of hydrogen-bond acceptors (Lipinski definition) is 5. The molecule has 3 nitrogen and oxygen atoms in total. The van der Waals surface area contributed by atoms with Crippen molar-refractivity contribution in [1.82, 2.24) is 9.78 Å². The Hall–Kier alpha value is -1.34. The van der Waals surface area contributed by atoms with Crippen molar-refractivity contribution >= 4 is 46.9 Å². The summed E-state index contributed by atoms with van der Waals surface area (Å²) in [5.74, 6) is 1.70. The van der Waals surface area contributed by atoms with Gasteiger partial charge in [0, 0.05) is 10.8 Å². The van der Waals surface area contributed by atoms with Gasteiger partial charge < -0.3 is 4.74 Å². The molecule has 0 radical (unpaired) electrons. The first-order chi connectivity index (χ1) is 11.2. The topological polar surface area (TPSA) is 27.1 Å².